The summed E-state index contributed by atoms with van der Waals surface area (Å²) in [6.07, 6.45) is 5.28. The predicted octanol–water partition coefficient (Wildman–Crippen LogP) is 4.16. The van der Waals surface area contributed by atoms with Crippen LogP contribution in [0.4, 0.5) is 0 Å². The first kappa shape index (κ1) is 24.9. The number of piperidine rings is 1. The van der Waals surface area contributed by atoms with Crippen molar-refractivity contribution in [2.75, 3.05) is 52.7 Å². The summed E-state index contributed by atoms with van der Waals surface area (Å²) in [6, 6.07) is 5.81. The lowest BCUT2D eigenvalue weighted by Gasteiger charge is -2.26. The average Bonchev–Trinajstić information content (AvgIpc) is 2.72. The number of hydrogen-bond donors (Lipinski definition) is 0. The number of likely N-dealkylation sites (tertiary alicyclic amines) is 1. The molecule has 0 bridgehead atoms. The molecule has 0 amide bonds. The second-order valence-electron chi connectivity index (χ2n) is 6.91. The number of carbonyl (C=O) groups excluding carboxylic acids is 1. The summed E-state index contributed by atoms with van der Waals surface area (Å²) in [5.74, 6) is 1.07. The zero-order valence-corrected chi connectivity index (χ0v) is 18.2. The van der Waals surface area contributed by atoms with Crippen LogP contribution in [0.1, 0.15) is 55.5 Å². The van der Waals surface area contributed by atoms with Crippen molar-refractivity contribution in [3.8, 4) is 5.75 Å². The highest BCUT2D eigenvalue weighted by Crippen LogP contribution is 2.22. The van der Waals surface area contributed by atoms with Crippen molar-refractivity contribution >= 4 is 18.2 Å². The molecule has 1 fully saturated rings. The van der Waals surface area contributed by atoms with Crippen molar-refractivity contribution in [2.45, 2.75) is 46.0 Å². The highest BCUT2D eigenvalue weighted by atomic mass is 35.5. The van der Waals surface area contributed by atoms with Gasteiger partial charge in [0.2, 0.25) is 0 Å². The highest BCUT2D eigenvalue weighted by Gasteiger charge is 2.14. The monoisotopic (exact) mass is 413 g/mol. The summed E-state index contributed by atoms with van der Waals surface area (Å²) in [5.41, 5.74) is 1.87. The number of ether oxygens (including phenoxy) is 3. The first-order valence-electron chi connectivity index (χ1n) is 10.4. The third-order valence-corrected chi connectivity index (χ3v) is 4.93. The Hall–Kier alpha value is -1.14. The Labute approximate surface area is 176 Å². The van der Waals surface area contributed by atoms with Crippen molar-refractivity contribution in [1.29, 1.82) is 0 Å². The fraction of sp³-hybridized carbons (Fsp3) is 0.682. The molecule has 1 aromatic carbocycles. The van der Waals surface area contributed by atoms with E-state index in [4.69, 9.17) is 14.2 Å². The van der Waals surface area contributed by atoms with Gasteiger partial charge in [0, 0.05) is 25.1 Å². The molecule has 0 aromatic heterocycles. The number of rotatable bonds is 13. The summed E-state index contributed by atoms with van der Waals surface area (Å²) in [4.78, 5) is 15.0. The van der Waals surface area contributed by atoms with Crippen molar-refractivity contribution in [1.82, 2.24) is 4.90 Å². The standard InChI is InChI=1S/C22H35NO4.ClH/c1-3-19-18-20(21(24)10-13-23-11-6-5-7-12-23)8-9-22(19)27-17-16-26-15-14-25-4-2;/h8-9,18H,3-7,10-17H2,1-2H3;1H. The fourth-order valence-electron chi connectivity index (χ4n) is 3.33. The molecule has 160 valence electrons. The molecular formula is C22H36ClNO4. The van der Waals surface area contributed by atoms with Gasteiger partial charge in [0.1, 0.15) is 12.4 Å². The number of nitrogens with zero attached hydrogens (tertiary/aromatic N) is 1. The maximum Gasteiger partial charge on any atom is 0.164 e. The van der Waals surface area contributed by atoms with E-state index < -0.39 is 0 Å². The van der Waals surface area contributed by atoms with Crippen LogP contribution in [0.15, 0.2) is 18.2 Å². The number of benzene rings is 1. The van der Waals surface area contributed by atoms with Crippen LogP contribution in [0.3, 0.4) is 0 Å². The molecule has 1 aliphatic rings. The van der Waals surface area contributed by atoms with Gasteiger partial charge in [-0.05, 0) is 63.0 Å². The number of ketones is 1. The Morgan fingerprint density at radius 1 is 1.00 bits per heavy atom. The summed E-state index contributed by atoms with van der Waals surface area (Å²) in [7, 11) is 0. The van der Waals surface area contributed by atoms with Crippen LogP contribution >= 0.6 is 12.4 Å². The van der Waals surface area contributed by atoms with Gasteiger partial charge in [-0.1, -0.05) is 13.3 Å². The summed E-state index contributed by atoms with van der Waals surface area (Å²) in [6.45, 7) is 10.1. The fourth-order valence-corrected chi connectivity index (χ4v) is 3.33. The van der Waals surface area contributed by atoms with Crippen LogP contribution in [0.5, 0.6) is 5.75 Å². The molecule has 0 atom stereocenters. The van der Waals surface area contributed by atoms with Gasteiger partial charge in [-0.2, -0.15) is 0 Å². The molecule has 5 nitrogen and oxygen atoms in total. The molecule has 1 saturated heterocycles. The average molecular weight is 414 g/mol. The van der Waals surface area contributed by atoms with Crippen molar-refractivity contribution < 1.29 is 19.0 Å². The van der Waals surface area contributed by atoms with Crippen LogP contribution in [0.25, 0.3) is 0 Å². The van der Waals surface area contributed by atoms with E-state index in [1.165, 1.54) is 19.3 Å². The van der Waals surface area contributed by atoms with Crippen molar-refractivity contribution in [2.24, 2.45) is 0 Å². The molecular weight excluding hydrogens is 378 g/mol. The SMILES string of the molecule is CCOCCOCCOc1ccc(C(=O)CCN2CCCCC2)cc1CC.Cl. The summed E-state index contributed by atoms with van der Waals surface area (Å²) >= 11 is 0. The minimum absolute atomic E-state index is 0. The van der Waals surface area contributed by atoms with Crippen LogP contribution < -0.4 is 4.74 Å². The molecule has 0 saturated carbocycles. The van der Waals surface area contributed by atoms with Crippen LogP contribution in [-0.4, -0.2) is 63.4 Å². The Balaban J connectivity index is 0.00000392. The molecule has 2 rings (SSSR count). The Morgan fingerprint density at radius 3 is 2.43 bits per heavy atom. The molecule has 6 heteroatoms. The molecule has 0 N–H and O–H groups in total. The van der Waals surface area contributed by atoms with Gasteiger partial charge in [0.05, 0.1) is 19.8 Å². The lowest BCUT2D eigenvalue weighted by atomic mass is 10.0. The smallest absolute Gasteiger partial charge is 0.164 e. The normalized spacial score (nSPS) is 14.5. The van der Waals surface area contributed by atoms with Crippen molar-refractivity contribution in [3.63, 3.8) is 0 Å². The molecule has 0 aliphatic carbocycles. The summed E-state index contributed by atoms with van der Waals surface area (Å²) < 4.78 is 16.5. The Kier molecular flexibility index (Phi) is 13.2. The van der Waals surface area contributed by atoms with E-state index in [1.54, 1.807) is 0 Å². The van der Waals surface area contributed by atoms with Gasteiger partial charge in [-0.15, -0.1) is 12.4 Å². The zero-order chi connectivity index (χ0) is 19.3. The number of Topliss-reactive ketones (excluding diaryl/α,β-unsaturated/α-hetero) is 1. The molecule has 1 heterocycles. The van der Waals surface area contributed by atoms with E-state index in [0.29, 0.717) is 39.5 Å². The second kappa shape index (κ2) is 14.8. The van der Waals surface area contributed by atoms with Crippen LogP contribution in [0.2, 0.25) is 0 Å². The number of aryl methyl sites for hydroxylation is 1. The van der Waals surface area contributed by atoms with E-state index >= 15 is 0 Å². The third kappa shape index (κ3) is 8.91. The lowest BCUT2D eigenvalue weighted by Crippen LogP contribution is -2.31. The quantitative estimate of drug-likeness (QED) is 0.359. The maximum absolute atomic E-state index is 12.6. The Bertz CT molecular complexity index is 561. The Morgan fingerprint density at radius 2 is 1.71 bits per heavy atom. The van der Waals surface area contributed by atoms with Gasteiger partial charge in [0.15, 0.2) is 5.78 Å². The second-order valence-corrected chi connectivity index (χ2v) is 6.91. The van der Waals surface area contributed by atoms with E-state index in [1.807, 2.05) is 25.1 Å². The van der Waals surface area contributed by atoms with Crippen molar-refractivity contribution in [3.05, 3.63) is 29.3 Å². The van der Waals surface area contributed by atoms with Gasteiger partial charge in [0.25, 0.3) is 0 Å². The van der Waals surface area contributed by atoms with Gasteiger partial charge < -0.3 is 19.1 Å². The highest BCUT2D eigenvalue weighted by molar-refractivity contribution is 5.96. The molecule has 1 aliphatic heterocycles. The maximum atomic E-state index is 12.6. The van der Waals surface area contributed by atoms with Crippen LogP contribution in [-0.2, 0) is 15.9 Å². The predicted molar refractivity (Wildman–Crippen MR) is 115 cm³/mol. The molecule has 28 heavy (non-hydrogen) atoms. The first-order chi connectivity index (χ1) is 13.2. The number of halogens is 1. The van der Waals surface area contributed by atoms with Crippen LogP contribution in [0, 0.1) is 0 Å². The minimum atomic E-state index is 0. The lowest BCUT2D eigenvalue weighted by molar-refractivity contribution is 0.0404. The van der Waals surface area contributed by atoms with E-state index in [0.717, 1.165) is 42.9 Å². The number of hydrogen-bond acceptors (Lipinski definition) is 5. The largest absolute Gasteiger partial charge is 0.491 e. The molecule has 0 radical (unpaired) electrons. The molecule has 0 unspecified atom stereocenters. The summed E-state index contributed by atoms with van der Waals surface area (Å²) in [5, 5.41) is 0. The van der Waals surface area contributed by atoms with E-state index in [9.17, 15) is 4.79 Å². The number of carbonyl (C=O) groups is 1. The van der Waals surface area contributed by atoms with E-state index in [-0.39, 0.29) is 18.2 Å². The molecule has 1 aromatic rings. The van der Waals surface area contributed by atoms with Gasteiger partial charge >= 0.3 is 0 Å². The third-order valence-electron chi connectivity index (χ3n) is 4.93. The first-order valence-corrected chi connectivity index (χ1v) is 10.4. The topological polar surface area (TPSA) is 48.0 Å². The molecule has 0 spiro atoms. The minimum Gasteiger partial charge on any atom is -0.491 e. The van der Waals surface area contributed by atoms with E-state index in [2.05, 4.69) is 11.8 Å². The zero-order valence-electron chi connectivity index (χ0n) is 17.4. The van der Waals surface area contributed by atoms with Gasteiger partial charge in [-0.25, -0.2) is 0 Å². The van der Waals surface area contributed by atoms with Gasteiger partial charge in [-0.3, -0.25) is 4.79 Å².